The van der Waals surface area contributed by atoms with Crippen LogP contribution in [0.3, 0.4) is 0 Å². The number of nitrogens with one attached hydrogen (secondary N) is 1. The maximum Gasteiger partial charge on any atom is 0.221 e. The zero-order valence-corrected chi connectivity index (χ0v) is 10.7. The monoisotopic (exact) mass is 250 g/mol. The molecule has 1 saturated heterocycles. The van der Waals surface area contributed by atoms with Crippen molar-refractivity contribution in [1.29, 1.82) is 0 Å². The Morgan fingerprint density at radius 3 is 2.94 bits per heavy atom. The number of hydrogen-bond donors (Lipinski definition) is 1. The Balaban J connectivity index is 1.80. The predicted molar refractivity (Wildman–Crippen MR) is 68.5 cm³/mol. The minimum atomic E-state index is -0.268. The summed E-state index contributed by atoms with van der Waals surface area (Å²) in [6, 6.07) is 6.86. The number of benzene rings is 1. The molecule has 3 nitrogen and oxygen atoms in total. The van der Waals surface area contributed by atoms with Gasteiger partial charge in [-0.2, -0.15) is 0 Å². The van der Waals surface area contributed by atoms with Gasteiger partial charge in [-0.1, -0.05) is 18.2 Å². The molecule has 4 heteroatoms. The van der Waals surface area contributed by atoms with Crippen LogP contribution in [-0.4, -0.2) is 30.4 Å². The fourth-order valence-electron chi connectivity index (χ4n) is 2.36. The molecular formula is C14H19FN2O. The second-order valence-corrected chi connectivity index (χ2v) is 4.85. The van der Waals surface area contributed by atoms with Crippen molar-refractivity contribution in [1.82, 2.24) is 10.2 Å². The van der Waals surface area contributed by atoms with Crippen LogP contribution in [0.5, 0.6) is 0 Å². The van der Waals surface area contributed by atoms with Crippen molar-refractivity contribution in [3.05, 3.63) is 35.6 Å². The third-order valence-corrected chi connectivity index (χ3v) is 3.53. The van der Waals surface area contributed by atoms with E-state index in [0.29, 0.717) is 18.0 Å². The molecule has 1 heterocycles. The SMILES string of the molecule is CN1CCCC1CC(=O)NCc1ccccc1F. The number of amides is 1. The van der Waals surface area contributed by atoms with Gasteiger partial charge in [0.05, 0.1) is 0 Å². The van der Waals surface area contributed by atoms with Gasteiger partial charge in [-0.25, -0.2) is 4.39 Å². The molecule has 1 N–H and O–H groups in total. The number of carbonyl (C=O) groups is 1. The van der Waals surface area contributed by atoms with Gasteiger partial charge in [0.1, 0.15) is 5.82 Å². The molecule has 18 heavy (non-hydrogen) atoms. The Bertz CT molecular complexity index is 422. The van der Waals surface area contributed by atoms with Crippen LogP contribution in [0.25, 0.3) is 0 Å². The number of nitrogens with zero attached hydrogens (tertiary/aromatic N) is 1. The zero-order valence-electron chi connectivity index (χ0n) is 10.7. The van der Waals surface area contributed by atoms with E-state index in [-0.39, 0.29) is 18.3 Å². The first-order chi connectivity index (χ1) is 8.66. The van der Waals surface area contributed by atoms with E-state index in [1.165, 1.54) is 6.07 Å². The molecule has 1 aromatic carbocycles. The van der Waals surface area contributed by atoms with Crippen LogP contribution in [0.4, 0.5) is 4.39 Å². The summed E-state index contributed by atoms with van der Waals surface area (Å²) < 4.78 is 13.3. The highest BCUT2D eigenvalue weighted by atomic mass is 19.1. The van der Waals surface area contributed by atoms with Crippen molar-refractivity contribution in [2.24, 2.45) is 0 Å². The zero-order chi connectivity index (χ0) is 13.0. The Morgan fingerprint density at radius 2 is 2.28 bits per heavy atom. The second-order valence-electron chi connectivity index (χ2n) is 4.85. The largest absolute Gasteiger partial charge is 0.352 e. The summed E-state index contributed by atoms with van der Waals surface area (Å²) in [6.07, 6.45) is 2.73. The summed E-state index contributed by atoms with van der Waals surface area (Å²) >= 11 is 0. The van der Waals surface area contributed by atoms with E-state index in [0.717, 1.165) is 19.4 Å². The van der Waals surface area contributed by atoms with Gasteiger partial charge >= 0.3 is 0 Å². The van der Waals surface area contributed by atoms with E-state index in [1.54, 1.807) is 18.2 Å². The van der Waals surface area contributed by atoms with Crippen molar-refractivity contribution >= 4 is 5.91 Å². The van der Waals surface area contributed by atoms with Gasteiger partial charge in [0.15, 0.2) is 0 Å². The smallest absolute Gasteiger partial charge is 0.221 e. The number of likely N-dealkylation sites (tertiary alicyclic amines) is 1. The Kier molecular flexibility index (Phi) is 4.31. The second kappa shape index (κ2) is 5.96. The molecule has 2 rings (SSSR count). The summed E-state index contributed by atoms with van der Waals surface area (Å²) in [7, 11) is 2.04. The lowest BCUT2D eigenvalue weighted by Crippen LogP contribution is -2.33. The minimum Gasteiger partial charge on any atom is -0.352 e. The summed E-state index contributed by atoms with van der Waals surface area (Å²) in [5.41, 5.74) is 0.533. The van der Waals surface area contributed by atoms with Gasteiger partial charge in [0.25, 0.3) is 0 Å². The summed E-state index contributed by atoms with van der Waals surface area (Å²) in [4.78, 5) is 14.0. The Hall–Kier alpha value is -1.42. The molecule has 0 spiro atoms. The highest BCUT2D eigenvalue weighted by Gasteiger charge is 2.23. The van der Waals surface area contributed by atoms with Crippen molar-refractivity contribution in [3.63, 3.8) is 0 Å². The summed E-state index contributed by atoms with van der Waals surface area (Å²) in [6.45, 7) is 1.33. The number of hydrogen-bond acceptors (Lipinski definition) is 2. The van der Waals surface area contributed by atoms with Crippen LogP contribution in [0.1, 0.15) is 24.8 Å². The molecule has 1 aliphatic heterocycles. The molecule has 0 radical (unpaired) electrons. The van der Waals surface area contributed by atoms with Gasteiger partial charge < -0.3 is 10.2 Å². The van der Waals surface area contributed by atoms with Crippen LogP contribution in [0.15, 0.2) is 24.3 Å². The predicted octanol–water partition coefficient (Wildman–Crippen LogP) is 1.93. The van der Waals surface area contributed by atoms with Gasteiger partial charge in [-0.05, 0) is 32.5 Å². The van der Waals surface area contributed by atoms with E-state index < -0.39 is 0 Å². The lowest BCUT2D eigenvalue weighted by Gasteiger charge is -2.18. The fraction of sp³-hybridized carbons (Fsp3) is 0.500. The van der Waals surface area contributed by atoms with Gasteiger partial charge in [-0.15, -0.1) is 0 Å². The van der Waals surface area contributed by atoms with Crippen LogP contribution in [0.2, 0.25) is 0 Å². The van der Waals surface area contributed by atoms with Crippen molar-refractivity contribution in [2.75, 3.05) is 13.6 Å². The van der Waals surface area contributed by atoms with Crippen LogP contribution in [0, 0.1) is 5.82 Å². The van der Waals surface area contributed by atoms with Crippen LogP contribution < -0.4 is 5.32 Å². The quantitative estimate of drug-likeness (QED) is 0.885. The van der Waals surface area contributed by atoms with E-state index in [1.807, 2.05) is 7.05 Å². The first-order valence-corrected chi connectivity index (χ1v) is 6.37. The van der Waals surface area contributed by atoms with E-state index in [2.05, 4.69) is 10.2 Å². The number of rotatable bonds is 4. The van der Waals surface area contributed by atoms with E-state index >= 15 is 0 Å². The van der Waals surface area contributed by atoms with Crippen LogP contribution in [-0.2, 0) is 11.3 Å². The third kappa shape index (κ3) is 3.29. The standard InChI is InChI=1S/C14H19FN2O/c1-17-8-4-6-12(17)9-14(18)16-10-11-5-2-3-7-13(11)15/h2-3,5,7,12H,4,6,8-10H2,1H3,(H,16,18). The van der Waals surface area contributed by atoms with Crippen molar-refractivity contribution < 1.29 is 9.18 Å². The van der Waals surface area contributed by atoms with E-state index in [4.69, 9.17) is 0 Å². The maximum absolute atomic E-state index is 13.3. The average molecular weight is 250 g/mol. The summed E-state index contributed by atoms with van der Waals surface area (Å²) in [5, 5.41) is 2.78. The highest BCUT2D eigenvalue weighted by molar-refractivity contribution is 5.76. The normalized spacial score (nSPS) is 20.0. The van der Waals surface area contributed by atoms with Crippen LogP contribution >= 0.6 is 0 Å². The molecule has 1 atom stereocenters. The molecule has 1 amide bonds. The van der Waals surface area contributed by atoms with Gasteiger partial charge in [0.2, 0.25) is 5.91 Å². The third-order valence-electron chi connectivity index (χ3n) is 3.53. The molecule has 0 bridgehead atoms. The Labute approximate surface area is 107 Å². The van der Waals surface area contributed by atoms with Gasteiger partial charge in [-0.3, -0.25) is 4.79 Å². The fourth-order valence-corrected chi connectivity index (χ4v) is 2.36. The minimum absolute atomic E-state index is 0.00277. The molecule has 1 fully saturated rings. The van der Waals surface area contributed by atoms with Crippen molar-refractivity contribution in [2.45, 2.75) is 31.8 Å². The molecule has 0 saturated carbocycles. The molecular weight excluding hydrogens is 231 g/mol. The topological polar surface area (TPSA) is 32.3 Å². The number of carbonyl (C=O) groups excluding carboxylic acids is 1. The number of halogens is 1. The van der Waals surface area contributed by atoms with Crippen molar-refractivity contribution in [3.8, 4) is 0 Å². The van der Waals surface area contributed by atoms with E-state index in [9.17, 15) is 9.18 Å². The van der Waals surface area contributed by atoms with Gasteiger partial charge in [0, 0.05) is 24.6 Å². The average Bonchev–Trinajstić information content (AvgIpc) is 2.74. The molecule has 0 aliphatic carbocycles. The first-order valence-electron chi connectivity index (χ1n) is 6.37. The molecule has 1 unspecified atom stereocenters. The Morgan fingerprint density at radius 1 is 1.50 bits per heavy atom. The molecule has 0 aromatic heterocycles. The first kappa shape index (κ1) is 13.0. The summed E-state index contributed by atoms with van der Waals surface area (Å²) in [5.74, 6) is -0.271. The lowest BCUT2D eigenvalue weighted by molar-refractivity contribution is -0.122. The molecule has 1 aliphatic rings. The molecule has 98 valence electrons. The highest BCUT2D eigenvalue weighted by Crippen LogP contribution is 2.17. The maximum atomic E-state index is 13.3. The molecule has 1 aromatic rings. The lowest BCUT2D eigenvalue weighted by atomic mass is 10.1.